The predicted molar refractivity (Wildman–Crippen MR) is 41.9 cm³/mol. The lowest BCUT2D eigenvalue weighted by molar-refractivity contribution is 0.0101. The van der Waals surface area contributed by atoms with E-state index in [0.717, 1.165) is 0 Å². The second-order valence-corrected chi connectivity index (χ2v) is 3.40. The maximum atomic E-state index is 9.01. The quantitative estimate of drug-likeness (QED) is 0.647. The summed E-state index contributed by atoms with van der Waals surface area (Å²) in [4.78, 5) is 0. The minimum absolute atomic E-state index is 0.0747. The van der Waals surface area contributed by atoms with Crippen molar-refractivity contribution in [3.63, 3.8) is 0 Å². The van der Waals surface area contributed by atoms with Crippen LogP contribution in [-0.4, -0.2) is 25.4 Å². The van der Waals surface area contributed by atoms with Crippen molar-refractivity contribution in [1.82, 2.24) is 0 Å². The summed E-state index contributed by atoms with van der Waals surface area (Å²) in [5.41, 5.74) is -0.0747. The van der Waals surface area contributed by atoms with Gasteiger partial charge in [0, 0.05) is 12.5 Å². The largest absolute Gasteiger partial charge is 0.396 e. The van der Waals surface area contributed by atoms with Gasteiger partial charge in [0.2, 0.25) is 0 Å². The molecule has 0 bridgehead atoms. The highest BCUT2D eigenvalue weighted by atomic mass is 16.5. The molecule has 0 rings (SSSR count). The summed E-state index contributed by atoms with van der Waals surface area (Å²) >= 11 is 0. The highest BCUT2D eigenvalue weighted by Crippen LogP contribution is 2.25. The summed E-state index contributed by atoms with van der Waals surface area (Å²) in [6.07, 6.45) is 0. The summed E-state index contributed by atoms with van der Waals surface area (Å²) in [6, 6.07) is 0. The Morgan fingerprint density at radius 1 is 1.50 bits per heavy atom. The zero-order valence-corrected chi connectivity index (χ0v) is 7.35. The molecule has 0 fully saturated rings. The van der Waals surface area contributed by atoms with Crippen LogP contribution >= 0.6 is 0 Å². The second kappa shape index (κ2) is 3.94. The number of ether oxygens (including phenoxy) is 1. The molecule has 10 heavy (non-hydrogen) atoms. The molecule has 1 unspecified atom stereocenters. The van der Waals surface area contributed by atoms with Crippen LogP contribution in [0.25, 0.3) is 0 Å². The third-order valence-corrected chi connectivity index (χ3v) is 2.23. The minimum Gasteiger partial charge on any atom is -0.396 e. The minimum atomic E-state index is -0.0747. The predicted octanol–water partition coefficient (Wildman–Crippen LogP) is 1.29. The van der Waals surface area contributed by atoms with Gasteiger partial charge in [0.1, 0.15) is 0 Å². The molecule has 0 saturated carbocycles. The Labute approximate surface area is 63.2 Å². The van der Waals surface area contributed by atoms with Crippen LogP contribution in [0.4, 0.5) is 0 Å². The fourth-order valence-electron chi connectivity index (χ4n) is 0.725. The molecule has 0 aromatic rings. The topological polar surface area (TPSA) is 29.5 Å². The number of hydrogen-bond acceptors (Lipinski definition) is 2. The van der Waals surface area contributed by atoms with Crippen molar-refractivity contribution in [2.75, 3.05) is 20.3 Å². The molecule has 0 heterocycles. The van der Waals surface area contributed by atoms with Crippen molar-refractivity contribution in [2.24, 2.45) is 11.3 Å². The zero-order valence-electron chi connectivity index (χ0n) is 7.35. The fourth-order valence-corrected chi connectivity index (χ4v) is 0.725. The molecule has 0 aromatic carbocycles. The molecular weight excluding hydrogens is 128 g/mol. The first-order valence-electron chi connectivity index (χ1n) is 3.66. The van der Waals surface area contributed by atoms with E-state index in [1.165, 1.54) is 0 Å². The molecule has 0 spiro atoms. The van der Waals surface area contributed by atoms with E-state index in [0.29, 0.717) is 12.5 Å². The lowest BCUT2D eigenvalue weighted by atomic mass is 9.81. The van der Waals surface area contributed by atoms with Gasteiger partial charge in [0.25, 0.3) is 0 Å². The van der Waals surface area contributed by atoms with Crippen LogP contribution in [0.15, 0.2) is 0 Å². The van der Waals surface area contributed by atoms with Crippen LogP contribution in [-0.2, 0) is 4.74 Å². The van der Waals surface area contributed by atoms with E-state index in [1.54, 1.807) is 7.11 Å². The average Bonchev–Trinajstić information content (AvgIpc) is 1.88. The first-order valence-corrected chi connectivity index (χ1v) is 3.66. The van der Waals surface area contributed by atoms with Crippen LogP contribution in [0.1, 0.15) is 20.8 Å². The maximum Gasteiger partial charge on any atom is 0.0540 e. The Balaban J connectivity index is 3.94. The molecule has 0 aliphatic heterocycles. The van der Waals surface area contributed by atoms with Crippen molar-refractivity contribution < 1.29 is 9.84 Å². The number of rotatable bonds is 4. The molecule has 0 aliphatic rings. The van der Waals surface area contributed by atoms with Gasteiger partial charge >= 0.3 is 0 Å². The Hall–Kier alpha value is -0.0800. The summed E-state index contributed by atoms with van der Waals surface area (Å²) in [6.45, 7) is 7.03. The van der Waals surface area contributed by atoms with Crippen molar-refractivity contribution in [1.29, 1.82) is 0 Å². The summed E-state index contributed by atoms with van der Waals surface area (Å²) < 4.78 is 5.00. The normalized spacial score (nSPS) is 17.4. The van der Waals surface area contributed by atoms with Crippen LogP contribution in [0.5, 0.6) is 0 Å². The monoisotopic (exact) mass is 146 g/mol. The number of methoxy groups -OCH3 is 1. The van der Waals surface area contributed by atoms with E-state index in [4.69, 9.17) is 9.84 Å². The number of aliphatic hydroxyl groups is 1. The molecule has 62 valence electrons. The Morgan fingerprint density at radius 3 is 2.10 bits per heavy atom. The van der Waals surface area contributed by atoms with Gasteiger partial charge in [0.15, 0.2) is 0 Å². The van der Waals surface area contributed by atoms with Crippen LogP contribution < -0.4 is 0 Å². The first kappa shape index (κ1) is 9.92. The molecule has 0 amide bonds. The SMILES string of the molecule is COCC(C)(CO)C(C)C. The van der Waals surface area contributed by atoms with E-state index in [2.05, 4.69) is 13.8 Å². The molecule has 0 radical (unpaired) electrons. The third kappa shape index (κ3) is 2.27. The zero-order chi connectivity index (χ0) is 8.20. The Kier molecular flexibility index (Phi) is 3.91. The van der Waals surface area contributed by atoms with Gasteiger partial charge in [-0.05, 0) is 5.92 Å². The van der Waals surface area contributed by atoms with Gasteiger partial charge in [-0.15, -0.1) is 0 Å². The van der Waals surface area contributed by atoms with E-state index in [1.807, 2.05) is 6.92 Å². The molecular formula is C8H18O2. The highest BCUT2D eigenvalue weighted by molar-refractivity contribution is 4.75. The summed E-state index contributed by atoms with van der Waals surface area (Å²) in [7, 11) is 1.66. The lowest BCUT2D eigenvalue weighted by Crippen LogP contribution is -2.32. The van der Waals surface area contributed by atoms with Crippen molar-refractivity contribution in [2.45, 2.75) is 20.8 Å². The van der Waals surface area contributed by atoms with Gasteiger partial charge < -0.3 is 9.84 Å². The smallest absolute Gasteiger partial charge is 0.0540 e. The molecule has 0 aromatic heterocycles. The Morgan fingerprint density at radius 2 is 2.00 bits per heavy atom. The van der Waals surface area contributed by atoms with Crippen LogP contribution in [0, 0.1) is 11.3 Å². The van der Waals surface area contributed by atoms with E-state index >= 15 is 0 Å². The second-order valence-electron chi connectivity index (χ2n) is 3.40. The van der Waals surface area contributed by atoms with Gasteiger partial charge in [-0.25, -0.2) is 0 Å². The van der Waals surface area contributed by atoms with Crippen LogP contribution in [0.2, 0.25) is 0 Å². The molecule has 1 atom stereocenters. The standard InChI is InChI=1S/C8H18O2/c1-7(2)8(3,5-9)6-10-4/h7,9H,5-6H2,1-4H3. The van der Waals surface area contributed by atoms with Gasteiger partial charge in [-0.1, -0.05) is 20.8 Å². The average molecular weight is 146 g/mol. The molecule has 0 saturated heterocycles. The van der Waals surface area contributed by atoms with Crippen molar-refractivity contribution in [3.05, 3.63) is 0 Å². The van der Waals surface area contributed by atoms with Crippen LogP contribution in [0.3, 0.4) is 0 Å². The number of hydrogen-bond donors (Lipinski definition) is 1. The van der Waals surface area contributed by atoms with E-state index in [9.17, 15) is 0 Å². The summed E-state index contributed by atoms with van der Waals surface area (Å²) in [5.74, 6) is 0.456. The van der Waals surface area contributed by atoms with Gasteiger partial charge in [-0.3, -0.25) is 0 Å². The van der Waals surface area contributed by atoms with Gasteiger partial charge in [0.05, 0.1) is 13.2 Å². The third-order valence-electron chi connectivity index (χ3n) is 2.23. The molecule has 2 heteroatoms. The summed E-state index contributed by atoms with van der Waals surface area (Å²) in [5, 5.41) is 9.01. The van der Waals surface area contributed by atoms with Gasteiger partial charge in [-0.2, -0.15) is 0 Å². The van der Waals surface area contributed by atoms with Crippen molar-refractivity contribution in [3.8, 4) is 0 Å². The highest BCUT2D eigenvalue weighted by Gasteiger charge is 2.26. The van der Waals surface area contributed by atoms with Crippen molar-refractivity contribution >= 4 is 0 Å². The molecule has 2 nitrogen and oxygen atoms in total. The first-order chi connectivity index (χ1) is 4.56. The molecule has 0 aliphatic carbocycles. The Bertz CT molecular complexity index is 91.3. The fraction of sp³-hybridized carbons (Fsp3) is 1.00. The van der Waals surface area contributed by atoms with E-state index < -0.39 is 0 Å². The number of aliphatic hydroxyl groups excluding tert-OH is 1. The lowest BCUT2D eigenvalue weighted by Gasteiger charge is -2.30. The molecule has 1 N–H and O–H groups in total. The maximum absolute atomic E-state index is 9.01. The van der Waals surface area contributed by atoms with E-state index in [-0.39, 0.29) is 12.0 Å².